The third-order valence-corrected chi connectivity index (χ3v) is 4.00. The first-order valence-electron chi connectivity index (χ1n) is 7.77. The molecule has 2 atom stereocenters. The van der Waals surface area contributed by atoms with Gasteiger partial charge in [-0.25, -0.2) is 0 Å². The summed E-state index contributed by atoms with van der Waals surface area (Å²) in [7, 11) is 0. The van der Waals surface area contributed by atoms with Crippen molar-refractivity contribution in [3.8, 4) is 0 Å². The predicted octanol–water partition coefficient (Wildman–Crippen LogP) is 3.59. The molecule has 0 radical (unpaired) electrons. The topological polar surface area (TPSA) is 38.0 Å². The summed E-state index contributed by atoms with van der Waals surface area (Å²) in [5.41, 5.74) is 8.84. The summed E-state index contributed by atoms with van der Waals surface area (Å²) in [6, 6.07) is 11.3. The van der Waals surface area contributed by atoms with E-state index in [9.17, 15) is 0 Å². The maximum atomic E-state index is 6.01. The Kier molecular flexibility index (Phi) is 5.00. The molecule has 2 nitrogen and oxygen atoms in total. The molecule has 1 saturated carbocycles. The van der Waals surface area contributed by atoms with Gasteiger partial charge in [-0.1, -0.05) is 48.9 Å². The number of benzene rings is 1. The van der Waals surface area contributed by atoms with Crippen LogP contribution in [0.3, 0.4) is 0 Å². The highest BCUT2D eigenvalue weighted by Gasteiger charge is 2.38. The molecule has 2 heteroatoms. The van der Waals surface area contributed by atoms with Crippen LogP contribution in [0.15, 0.2) is 35.9 Å². The minimum absolute atomic E-state index is 0.0646. The van der Waals surface area contributed by atoms with Gasteiger partial charge in [0, 0.05) is 11.6 Å². The zero-order valence-electron chi connectivity index (χ0n) is 13.0. The molecule has 1 unspecified atom stereocenters. The van der Waals surface area contributed by atoms with E-state index in [1.807, 2.05) is 0 Å². The number of hydrogen-bond acceptors (Lipinski definition) is 2. The van der Waals surface area contributed by atoms with Crippen LogP contribution in [-0.4, -0.2) is 18.1 Å². The molecular weight excluding hydrogens is 244 g/mol. The Morgan fingerprint density at radius 1 is 1.35 bits per heavy atom. The lowest BCUT2D eigenvalue weighted by molar-refractivity contribution is 0.452. The van der Waals surface area contributed by atoms with Gasteiger partial charge in [0.05, 0.1) is 0 Å². The number of nitrogens with two attached hydrogens (primary N) is 1. The molecule has 20 heavy (non-hydrogen) atoms. The van der Waals surface area contributed by atoms with E-state index >= 15 is 0 Å². The molecule has 0 aliphatic heterocycles. The van der Waals surface area contributed by atoms with Crippen molar-refractivity contribution in [1.29, 1.82) is 0 Å². The standard InChI is InChI=1S/C18H28N2/c1-4-15(12-14-8-6-5-7-9-14)16-13-17(16)20-11-10-18(2,3)19/h5-9,12,16-17,20H,4,10-11,13,19H2,1-3H3/t16?,17-/m0/s1. The molecule has 2 rings (SSSR count). The minimum atomic E-state index is -0.0646. The van der Waals surface area contributed by atoms with Gasteiger partial charge in [-0.3, -0.25) is 0 Å². The van der Waals surface area contributed by atoms with E-state index in [0.29, 0.717) is 6.04 Å². The van der Waals surface area contributed by atoms with Gasteiger partial charge in [-0.15, -0.1) is 0 Å². The average Bonchev–Trinajstić information content (AvgIpc) is 3.15. The minimum Gasteiger partial charge on any atom is -0.326 e. The SMILES string of the molecule is CCC(=Cc1ccccc1)C1C[C@@H]1NCCC(C)(C)N. The Morgan fingerprint density at radius 2 is 2.05 bits per heavy atom. The molecule has 0 amide bonds. The van der Waals surface area contributed by atoms with Crippen LogP contribution in [0.5, 0.6) is 0 Å². The summed E-state index contributed by atoms with van der Waals surface area (Å²) in [5, 5.41) is 3.64. The van der Waals surface area contributed by atoms with Crippen LogP contribution < -0.4 is 11.1 Å². The van der Waals surface area contributed by atoms with Crippen LogP contribution >= 0.6 is 0 Å². The molecule has 1 aliphatic rings. The van der Waals surface area contributed by atoms with Crippen LogP contribution in [0.4, 0.5) is 0 Å². The fraction of sp³-hybridized carbons (Fsp3) is 0.556. The summed E-state index contributed by atoms with van der Waals surface area (Å²) in [4.78, 5) is 0. The number of hydrogen-bond donors (Lipinski definition) is 2. The second-order valence-electron chi connectivity index (χ2n) is 6.62. The van der Waals surface area contributed by atoms with E-state index < -0.39 is 0 Å². The average molecular weight is 272 g/mol. The lowest BCUT2D eigenvalue weighted by atomic mass is 10.0. The van der Waals surface area contributed by atoms with Crippen LogP contribution in [-0.2, 0) is 0 Å². The highest BCUT2D eigenvalue weighted by molar-refractivity contribution is 5.54. The van der Waals surface area contributed by atoms with Gasteiger partial charge in [0.15, 0.2) is 0 Å². The third kappa shape index (κ3) is 4.77. The van der Waals surface area contributed by atoms with Crippen molar-refractivity contribution < 1.29 is 0 Å². The molecule has 0 spiro atoms. The van der Waals surface area contributed by atoms with Gasteiger partial charge in [0.1, 0.15) is 0 Å². The highest BCUT2D eigenvalue weighted by atomic mass is 15.0. The van der Waals surface area contributed by atoms with Crippen molar-refractivity contribution in [1.82, 2.24) is 5.32 Å². The maximum Gasteiger partial charge on any atom is 0.0139 e. The number of nitrogens with one attached hydrogen (secondary N) is 1. The van der Waals surface area contributed by atoms with Gasteiger partial charge in [-0.05, 0) is 51.1 Å². The monoisotopic (exact) mass is 272 g/mol. The van der Waals surface area contributed by atoms with Crippen LogP contribution in [0.2, 0.25) is 0 Å². The number of rotatable bonds is 7. The van der Waals surface area contributed by atoms with Crippen molar-refractivity contribution in [3.05, 3.63) is 41.5 Å². The molecule has 1 aliphatic carbocycles. The zero-order valence-corrected chi connectivity index (χ0v) is 13.0. The molecule has 0 heterocycles. The second-order valence-corrected chi connectivity index (χ2v) is 6.62. The first kappa shape index (κ1) is 15.3. The Hall–Kier alpha value is -1.12. The Labute approximate surface area is 123 Å². The fourth-order valence-corrected chi connectivity index (χ4v) is 2.64. The Balaban J connectivity index is 1.84. The third-order valence-electron chi connectivity index (χ3n) is 4.00. The van der Waals surface area contributed by atoms with Crippen molar-refractivity contribution in [2.75, 3.05) is 6.54 Å². The fourth-order valence-electron chi connectivity index (χ4n) is 2.64. The van der Waals surface area contributed by atoms with E-state index in [0.717, 1.165) is 25.3 Å². The largest absolute Gasteiger partial charge is 0.326 e. The van der Waals surface area contributed by atoms with E-state index in [1.165, 1.54) is 12.0 Å². The van der Waals surface area contributed by atoms with E-state index in [-0.39, 0.29) is 5.54 Å². The maximum absolute atomic E-state index is 6.01. The van der Waals surface area contributed by atoms with Crippen molar-refractivity contribution in [3.63, 3.8) is 0 Å². The molecular formula is C18H28N2. The van der Waals surface area contributed by atoms with Crippen molar-refractivity contribution in [2.24, 2.45) is 11.7 Å². The molecule has 1 aromatic carbocycles. The lowest BCUT2D eigenvalue weighted by Crippen LogP contribution is -2.36. The zero-order chi connectivity index (χ0) is 14.6. The van der Waals surface area contributed by atoms with E-state index in [2.05, 4.69) is 62.5 Å². The second kappa shape index (κ2) is 6.55. The van der Waals surface area contributed by atoms with E-state index in [4.69, 9.17) is 5.73 Å². The van der Waals surface area contributed by atoms with Gasteiger partial charge < -0.3 is 11.1 Å². The van der Waals surface area contributed by atoms with Gasteiger partial charge in [0.2, 0.25) is 0 Å². The quantitative estimate of drug-likeness (QED) is 0.796. The predicted molar refractivity (Wildman–Crippen MR) is 87.5 cm³/mol. The normalized spacial score (nSPS) is 22.9. The summed E-state index contributed by atoms with van der Waals surface area (Å²) in [6.07, 6.45) is 5.80. The summed E-state index contributed by atoms with van der Waals surface area (Å²) < 4.78 is 0. The highest BCUT2D eigenvalue weighted by Crippen LogP contribution is 2.39. The van der Waals surface area contributed by atoms with Crippen molar-refractivity contribution in [2.45, 2.75) is 51.6 Å². The molecule has 1 aromatic rings. The molecule has 110 valence electrons. The van der Waals surface area contributed by atoms with Gasteiger partial charge in [0.25, 0.3) is 0 Å². The lowest BCUT2D eigenvalue weighted by Gasteiger charge is -2.18. The Morgan fingerprint density at radius 3 is 2.65 bits per heavy atom. The molecule has 0 aromatic heterocycles. The first-order valence-corrected chi connectivity index (χ1v) is 7.77. The molecule has 0 bridgehead atoms. The van der Waals surface area contributed by atoms with E-state index in [1.54, 1.807) is 5.57 Å². The summed E-state index contributed by atoms with van der Waals surface area (Å²) in [6.45, 7) is 7.46. The van der Waals surface area contributed by atoms with Crippen LogP contribution in [0, 0.1) is 5.92 Å². The van der Waals surface area contributed by atoms with Crippen LogP contribution in [0.1, 0.15) is 45.6 Å². The first-order chi connectivity index (χ1) is 9.49. The van der Waals surface area contributed by atoms with Crippen LogP contribution in [0.25, 0.3) is 6.08 Å². The van der Waals surface area contributed by atoms with Gasteiger partial charge >= 0.3 is 0 Å². The molecule has 0 saturated heterocycles. The smallest absolute Gasteiger partial charge is 0.0139 e. The van der Waals surface area contributed by atoms with Gasteiger partial charge in [-0.2, -0.15) is 0 Å². The molecule has 3 N–H and O–H groups in total. The molecule has 1 fully saturated rings. The summed E-state index contributed by atoms with van der Waals surface area (Å²) >= 11 is 0. The van der Waals surface area contributed by atoms with Crippen molar-refractivity contribution >= 4 is 6.08 Å². The summed E-state index contributed by atoms with van der Waals surface area (Å²) in [5.74, 6) is 0.723. The Bertz CT molecular complexity index is 442.